The van der Waals surface area contributed by atoms with Gasteiger partial charge in [0.2, 0.25) is 0 Å². The van der Waals surface area contributed by atoms with Crippen molar-refractivity contribution in [2.75, 3.05) is 11.6 Å². The monoisotopic (exact) mass is 358 g/mol. The summed E-state index contributed by atoms with van der Waals surface area (Å²) in [6.45, 7) is 0. The van der Waals surface area contributed by atoms with Crippen molar-refractivity contribution in [3.63, 3.8) is 0 Å². The number of sulfone groups is 1. The topological polar surface area (TPSA) is 113 Å². The Hall–Kier alpha value is -2.16. The van der Waals surface area contributed by atoms with Gasteiger partial charge in [0.25, 0.3) is 0 Å². The highest BCUT2D eigenvalue weighted by Crippen LogP contribution is 2.24. The van der Waals surface area contributed by atoms with Gasteiger partial charge in [0, 0.05) is 18.0 Å². The van der Waals surface area contributed by atoms with Crippen molar-refractivity contribution in [3.05, 3.63) is 24.0 Å². The number of hydrogen-bond acceptors (Lipinski definition) is 4. The number of nitrogens with one attached hydrogen (secondary N) is 2. The lowest BCUT2D eigenvalue weighted by atomic mass is 9.86. The normalized spacial score (nSPS) is 21.1. The van der Waals surface area contributed by atoms with Gasteiger partial charge in [0.1, 0.15) is 10.7 Å². The number of rotatable bonds is 4. The molecule has 0 unspecified atom stereocenters. The largest absolute Gasteiger partial charge is 0.481 e. The Labute approximate surface area is 139 Å². The molecule has 9 heteroatoms. The lowest BCUT2D eigenvalue weighted by Gasteiger charge is -2.26. The van der Waals surface area contributed by atoms with Crippen LogP contribution in [-0.4, -0.2) is 37.8 Å². The summed E-state index contributed by atoms with van der Waals surface area (Å²) in [4.78, 5) is 22.4. The van der Waals surface area contributed by atoms with Gasteiger partial charge in [-0.1, -0.05) is 0 Å². The summed E-state index contributed by atoms with van der Waals surface area (Å²) in [5.74, 6) is -2.08. The molecule has 24 heavy (non-hydrogen) atoms. The average Bonchev–Trinajstić information content (AvgIpc) is 2.48. The number of carboxylic acid groups (broad SMARTS) is 1. The maximum absolute atomic E-state index is 13.5. The number of halogens is 1. The van der Waals surface area contributed by atoms with Crippen molar-refractivity contribution in [1.82, 2.24) is 5.32 Å². The molecule has 1 aliphatic rings. The van der Waals surface area contributed by atoms with Gasteiger partial charge in [-0.3, -0.25) is 4.79 Å². The predicted octanol–water partition coefficient (Wildman–Crippen LogP) is 1.99. The number of hydrogen-bond donors (Lipinski definition) is 3. The van der Waals surface area contributed by atoms with Crippen molar-refractivity contribution >= 4 is 27.5 Å². The average molecular weight is 358 g/mol. The maximum Gasteiger partial charge on any atom is 0.319 e. The second kappa shape index (κ2) is 7.16. The zero-order valence-corrected chi connectivity index (χ0v) is 13.9. The Morgan fingerprint density at radius 1 is 1.21 bits per heavy atom. The molecule has 0 saturated heterocycles. The molecule has 3 N–H and O–H groups in total. The standard InChI is InChI=1S/C15H19FN2O5S/c1-24(22,23)13-8-11(6-7-12(13)16)18-15(21)17-10-4-2-9(3-5-10)14(19)20/h6-10H,2-5H2,1H3,(H,19,20)(H2,17,18,21). The van der Waals surface area contributed by atoms with Crippen LogP contribution in [0.2, 0.25) is 0 Å². The van der Waals surface area contributed by atoms with Crippen molar-refractivity contribution in [2.24, 2.45) is 5.92 Å². The summed E-state index contributed by atoms with van der Waals surface area (Å²) in [6.07, 6.45) is 2.99. The highest BCUT2D eigenvalue weighted by molar-refractivity contribution is 7.90. The second-order valence-electron chi connectivity index (χ2n) is 5.90. The molecule has 2 rings (SSSR count). The fourth-order valence-corrected chi connectivity index (χ4v) is 3.47. The highest BCUT2D eigenvalue weighted by atomic mass is 32.2. The molecule has 1 saturated carbocycles. The van der Waals surface area contributed by atoms with Crippen LogP contribution in [0.15, 0.2) is 23.1 Å². The van der Waals surface area contributed by atoms with E-state index in [1.807, 2.05) is 0 Å². The van der Waals surface area contributed by atoms with Crippen molar-refractivity contribution in [2.45, 2.75) is 36.6 Å². The Bertz CT molecular complexity index is 742. The molecule has 0 aliphatic heterocycles. The Kier molecular flexibility index (Phi) is 5.43. The van der Waals surface area contributed by atoms with Crippen LogP contribution in [0.4, 0.5) is 14.9 Å². The number of amides is 2. The Balaban J connectivity index is 1.95. The van der Waals surface area contributed by atoms with Crippen molar-refractivity contribution < 1.29 is 27.5 Å². The molecular weight excluding hydrogens is 339 g/mol. The number of carbonyl (C=O) groups is 2. The minimum atomic E-state index is -3.74. The van der Waals surface area contributed by atoms with E-state index < -0.39 is 32.6 Å². The maximum atomic E-state index is 13.5. The molecule has 1 aromatic carbocycles. The molecule has 2 amide bonds. The summed E-state index contributed by atoms with van der Waals surface area (Å²) >= 11 is 0. The first kappa shape index (κ1) is 18.2. The number of anilines is 1. The summed E-state index contributed by atoms with van der Waals surface area (Å²) < 4.78 is 36.5. The number of carbonyl (C=O) groups excluding carboxylic acids is 1. The van der Waals surface area contributed by atoms with Crippen molar-refractivity contribution in [1.29, 1.82) is 0 Å². The third kappa shape index (κ3) is 4.67. The fraction of sp³-hybridized carbons (Fsp3) is 0.467. The number of urea groups is 1. The predicted molar refractivity (Wildman–Crippen MR) is 85.0 cm³/mol. The molecule has 7 nitrogen and oxygen atoms in total. The van der Waals surface area contributed by atoms with Gasteiger partial charge >= 0.3 is 12.0 Å². The van der Waals surface area contributed by atoms with Crippen LogP contribution < -0.4 is 10.6 Å². The zero-order chi connectivity index (χ0) is 17.9. The van der Waals surface area contributed by atoms with E-state index in [1.165, 1.54) is 6.07 Å². The van der Waals surface area contributed by atoms with Gasteiger partial charge in [-0.15, -0.1) is 0 Å². The lowest BCUT2D eigenvalue weighted by Crippen LogP contribution is -2.41. The smallest absolute Gasteiger partial charge is 0.319 e. The molecule has 0 radical (unpaired) electrons. The van der Waals surface area contributed by atoms with Gasteiger partial charge in [-0.2, -0.15) is 0 Å². The molecule has 0 heterocycles. The summed E-state index contributed by atoms with van der Waals surface area (Å²) in [5, 5.41) is 14.1. The summed E-state index contributed by atoms with van der Waals surface area (Å²) in [5.41, 5.74) is 0.161. The Morgan fingerprint density at radius 2 is 1.83 bits per heavy atom. The minimum absolute atomic E-state index is 0.143. The van der Waals surface area contributed by atoms with E-state index in [2.05, 4.69) is 10.6 Å². The molecular formula is C15H19FN2O5S. The van der Waals surface area contributed by atoms with Crippen LogP contribution in [0, 0.1) is 11.7 Å². The van der Waals surface area contributed by atoms with Crippen LogP contribution in [0.1, 0.15) is 25.7 Å². The number of aliphatic carboxylic acids is 1. The van der Waals surface area contributed by atoms with Gasteiger partial charge < -0.3 is 15.7 Å². The molecule has 1 fully saturated rings. The molecule has 132 valence electrons. The van der Waals surface area contributed by atoms with E-state index in [0.717, 1.165) is 18.4 Å². The minimum Gasteiger partial charge on any atom is -0.481 e. The van der Waals surface area contributed by atoms with Crippen molar-refractivity contribution in [3.8, 4) is 0 Å². The first-order chi connectivity index (χ1) is 11.2. The number of carboxylic acids is 1. The summed E-state index contributed by atoms with van der Waals surface area (Å²) in [7, 11) is -3.74. The van der Waals surface area contributed by atoms with Crippen LogP contribution >= 0.6 is 0 Å². The zero-order valence-electron chi connectivity index (χ0n) is 13.1. The third-order valence-corrected chi connectivity index (χ3v) is 5.11. The third-order valence-electron chi connectivity index (χ3n) is 4.00. The van der Waals surface area contributed by atoms with E-state index in [-0.39, 0.29) is 17.6 Å². The number of benzene rings is 1. The summed E-state index contributed by atoms with van der Waals surface area (Å²) in [6, 6.07) is 2.62. The van der Waals surface area contributed by atoms with E-state index in [4.69, 9.17) is 5.11 Å². The van der Waals surface area contributed by atoms with Crippen LogP contribution in [0.3, 0.4) is 0 Å². The Morgan fingerprint density at radius 3 is 2.38 bits per heavy atom. The molecule has 0 atom stereocenters. The van der Waals surface area contributed by atoms with Crippen LogP contribution in [-0.2, 0) is 14.6 Å². The van der Waals surface area contributed by atoms with E-state index in [9.17, 15) is 22.4 Å². The van der Waals surface area contributed by atoms with Crippen LogP contribution in [0.25, 0.3) is 0 Å². The van der Waals surface area contributed by atoms with Gasteiger partial charge in [0.15, 0.2) is 9.84 Å². The molecule has 0 bridgehead atoms. The SMILES string of the molecule is CS(=O)(=O)c1cc(NC(=O)NC2CCC(C(=O)O)CC2)ccc1F. The second-order valence-corrected chi connectivity index (χ2v) is 7.89. The lowest BCUT2D eigenvalue weighted by molar-refractivity contribution is -0.142. The molecule has 1 aliphatic carbocycles. The molecule has 0 aromatic heterocycles. The first-order valence-electron chi connectivity index (χ1n) is 7.46. The fourth-order valence-electron chi connectivity index (χ4n) is 2.70. The molecule has 0 spiro atoms. The van der Waals surface area contributed by atoms with Gasteiger partial charge in [-0.05, 0) is 43.9 Å². The van der Waals surface area contributed by atoms with Gasteiger partial charge in [0.05, 0.1) is 5.92 Å². The van der Waals surface area contributed by atoms with E-state index in [0.29, 0.717) is 25.7 Å². The molecule has 1 aromatic rings. The van der Waals surface area contributed by atoms with Gasteiger partial charge in [-0.25, -0.2) is 17.6 Å². The van der Waals surface area contributed by atoms with E-state index in [1.54, 1.807) is 0 Å². The quantitative estimate of drug-likeness (QED) is 0.762. The van der Waals surface area contributed by atoms with Crippen LogP contribution in [0.5, 0.6) is 0 Å². The first-order valence-corrected chi connectivity index (χ1v) is 9.36. The van der Waals surface area contributed by atoms with E-state index >= 15 is 0 Å². The highest BCUT2D eigenvalue weighted by Gasteiger charge is 2.26.